The van der Waals surface area contributed by atoms with Crippen LogP contribution in [0.15, 0.2) is 47.5 Å². The Labute approximate surface area is 155 Å². The maximum Gasteiger partial charge on any atom is 0.339 e. The van der Waals surface area contributed by atoms with E-state index in [9.17, 15) is 8.42 Å². The zero-order valence-corrected chi connectivity index (χ0v) is 15.6. The van der Waals surface area contributed by atoms with Gasteiger partial charge < -0.3 is 8.92 Å². The molecule has 0 fully saturated rings. The summed E-state index contributed by atoms with van der Waals surface area (Å²) in [4.78, 5) is 4.13. The van der Waals surface area contributed by atoms with Crippen LogP contribution in [-0.4, -0.2) is 20.5 Å². The number of pyridine rings is 1. The van der Waals surface area contributed by atoms with Crippen LogP contribution in [0, 0.1) is 6.92 Å². The van der Waals surface area contributed by atoms with Crippen LogP contribution in [0.4, 0.5) is 0 Å². The number of hydrogen-bond acceptors (Lipinski definition) is 5. The van der Waals surface area contributed by atoms with E-state index in [1.165, 1.54) is 31.5 Å². The Morgan fingerprint density at radius 2 is 1.84 bits per heavy atom. The lowest BCUT2D eigenvalue weighted by Gasteiger charge is -2.12. The standard InChI is InChI=1S/C17H13Cl2NO4S/c1-10-8-11(5-6-15(10)23-2)25(21,22)24-17-14(19)9-13(18)12-4-3-7-20-16(12)17/h3-9H,1-2H3. The SMILES string of the molecule is COc1ccc(S(=O)(=O)Oc2c(Cl)cc(Cl)c3cccnc23)cc1C. The first kappa shape index (κ1) is 17.8. The van der Waals surface area contributed by atoms with E-state index in [1.807, 2.05) is 0 Å². The van der Waals surface area contributed by atoms with Gasteiger partial charge in [-0.1, -0.05) is 23.2 Å². The molecular formula is C17H13Cl2NO4S. The maximum atomic E-state index is 12.7. The zero-order chi connectivity index (χ0) is 18.2. The fourth-order valence-electron chi connectivity index (χ4n) is 2.39. The number of halogens is 2. The van der Waals surface area contributed by atoms with Crippen molar-refractivity contribution in [2.45, 2.75) is 11.8 Å². The molecule has 0 spiro atoms. The molecule has 0 aliphatic rings. The molecule has 0 unspecified atom stereocenters. The van der Waals surface area contributed by atoms with Crippen LogP contribution in [0.25, 0.3) is 10.9 Å². The Bertz CT molecular complexity index is 1070. The van der Waals surface area contributed by atoms with E-state index in [0.717, 1.165) is 0 Å². The summed E-state index contributed by atoms with van der Waals surface area (Å²) in [6, 6.07) is 9.25. The molecule has 2 aromatic carbocycles. The molecule has 3 rings (SSSR count). The minimum Gasteiger partial charge on any atom is -0.496 e. The van der Waals surface area contributed by atoms with Gasteiger partial charge in [-0.25, -0.2) is 0 Å². The van der Waals surface area contributed by atoms with Crippen molar-refractivity contribution in [1.82, 2.24) is 4.98 Å². The van der Waals surface area contributed by atoms with Crippen molar-refractivity contribution in [3.8, 4) is 11.5 Å². The molecule has 0 radical (unpaired) electrons. The minimum absolute atomic E-state index is 0.0131. The molecule has 1 aromatic heterocycles. The van der Waals surface area contributed by atoms with Gasteiger partial charge >= 0.3 is 10.1 Å². The number of methoxy groups -OCH3 is 1. The predicted molar refractivity (Wildman–Crippen MR) is 97.3 cm³/mol. The van der Waals surface area contributed by atoms with E-state index in [1.54, 1.807) is 25.1 Å². The van der Waals surface area contributed by atoms with E-state index >= 15 is 0 Å². The number of benzene rings is 2. The third kappa shape index (κ3) is 3.38. The number of fused-ring (bicyclic) bond motifs is 1. The van der Waals surface area contributed by atoms with E-state index in [4.69, 9.17) is 32.1 Å². The second-order valence-corrected chi connectivity index (χ2v) is 7.60. The molecule has 0 N–H and O–H groups in total. The summed E-state index contributed by atoms with van der Waals surface area (Å²) in [5.41, 5.74) is 0.936. The highest BCUT2D eigenvalue weighted by Gasteiger charge is 2.22. The van der Waals surface area contributed by atoms with Gasteiger partial charge in [0.1, 0.15) is 16.2 Å². The minimum atomic E-state index is -4.11. The summed E-state index contributed by atoms with van der Waals surface area (Å²) < 4.78 is 35.7. The predicted octanol–water partition coefficient (Wildman–Crippen LogP) is 4.63. The summed E-state index contributed by atoms with van der Waals surface area (Å²) in [7, 11) is -2.60. The van der Waals surface area contributed by atoms with Crippen LogP contribution in [0.1, 0.15) is 5.56 Å². The summed E-state index contributed by atoms with van der Waals surface area (Å²) in [6.45, 7) is 1.74. The summed E-state index contributed by atoms with van der Waals surface area (Å²) in [5.74, 6) is 0.519. The van der Waals surface area contributed by atoms with Crippen molar-refractivity contribution >= 4 is 44.2 Å². The van der Waals surface area contributed by atoms with Gasteiger partial charge in [-0.2, -0.15) is 8.42 Å². The van der Waals surface area contributed by atoms with Crippen LogP contribution in [-0.2, 0) is 10.1 Å². The van der Waals surface area contributed by atoms with E-state index < -0.39 is 10.1 Å². The highest BCUT2D eigenvalue weighted by Crippen LogP contribution is 2.38. The molecule has 0 amide bonds. The van der Waals surface area contributed by atoms with Crippen molar-refractivity contribution in [3.63, 3.8) is 0 Å². The van der Waals surface area contributed by atoms with Crippen LogP contribution in [0.3, 0.4) is 0 Å². The molecule has 8 heteroatoms. The van der Waals surface area contributed by atoms with Crippen LogP contribution in [0.5, 0.6) is 11.5 Å². The van der Waals surface area contributed by atoms with Crippen molar-refractivity contribution in [1.29, 1.82) is 0 Å². The average Bonchev–Trinajstić information content (AvgIpc) is 2.58. The fourth-order valence-corrected chi connectivity index (χ4v) is 4.03. The smallest absolute Gasteiger partial charge is 0.339 e. The maximum absolute atomic E-state index is 12.7. The third-order valence-corrected chi connectivity index (χ3v) is 5.41. The molecule has 25 heavy (non-hydrogen) atoms. The van der Waals surface area contributed by atoms with Crippen molar-refractivity contribution < 1.29 is 17.3 Å². The van der Waals surface area contributed by atoms with E-state index in [2.05, 4.69) is 4.98 Å². The molecule has 0 saturated carbocycles. The fraction of sp³-hybridized carbons (Fsp3) is 0.118. The molecule has 0 bridgehead atoms. The Hall–Kier alpha value is -2.02. The van der Waals surface area contributed by atoms with Crippen LogP contribution >= 0.6 is 23.2 Å². The number of nitrogens with zero attached hydrogens (tertiary/aromatic N) is 1. The molecule has 0 aliphatic heterocycles. The molecule has 3 aromatic rings. The second-order valence-electron chi connectivity index (χ2n) is 5.24. The van der Waals surface area contributed by atoms with Gasteiger partial charge in [-0.3, -0.25) is 4.98 Å². The monoisotopic (exact) mass is 397 g/mol. The second kappa shape index (κ2) is 6.71. The number of aryl methyl sites for hydroxylation is 1. The van der Waals surface area contributed by atoms with Gasteiger partial charge in [0.15, 0.2) is 5.75 Å². The Balaban J connectivity index is 2.10. The van der Waals surface area contributed by atoms with Gasteiger partial charge in [0.05, 0.1) is 17.2 Å². The number of aromatic nitrogens is 1. The first-order valence-corrected chi connectivity index (χ1v) is 9.32. The molecule has 130 valence electrons. The van der Waals surface area contributed by atoms with Crippen LogP contribution in [0.2, 0.25) is 10.0 Å². The topological polar surface area (TPSA) is 65.5 Å². The first-order chi connectivity index (χ1) is 11.8. The van der Waals surface area contributed by atoms with Gasteiger partial charge in [0.2, 0.25) is 0 Å². The Morgan fingerprint density at radius 3 is 2.52 bits per heavy atom. The van der Waals surface area contributed by atoms with E-state index in [-0.39, 0.29) is 21.2 Å². The summed E-state index contributed by atoms with van der Waals surface area (Å²) >= 11 is 12.3. The Kier molecular flexibility index (Phi) is 4.77. The lowest BCUT2D eigenvalue weighted by Crippen LogP contribution is -2.11. The first-order valence-electron chi connectivity index (χ1n) is 7.15. The highest BCUT2D eigenvalue weighted by molar-refractivity contribution is 7.87. The van der Waals surface area contributed by atoms with Gasteiger partial charge in [0, 0.05) is 11.6 Å². The summed E-state index contributed by atoms with van der Waals surface area (Å²) in [6.07, 6.45) is 1.51. The van der Waals surface area contributed by atoms with Gasteiger partial charge in [-0.15, -0.1) is 0 Å². The van der Waals surface area contributed by atoms with Crippen molar-refractivity contribution in [3.05, 3.63) is 58.2 Å². The van der Waals surface area contributed by atoms with Crippen molar-refractivity contribution in [2.75, 3.05) is 7.11 Å². The van der Waals surface area contributed by atoms with Gasteiger partial charge in [-0.05, 0) is 48.9 Å². The van der Waals surface area contributed by atoms with Crippen LogP contribution < -0.4 is 8.92 Å². The average molecular weight is 398 g/mol. The molecule has 0 saturated heterocycles. The largest absolute Gasteiger partial charge is 0.496 e. The normalized spacial score (nSPS) is 11.5. The number of ether oxygens (including phenoxy) is 1. The highest BCUT2D eigenvalue weighted by atomic mass is 35.5. The zero-order valence-electron chi connectivity index (χ0n) is 13.3. The number of hydrogen-bond donors (Lipinski definition) is 0. The molecule has 0 atom stereocenters. The third-order valence-electron chi connectivity index (χ3n) is 3.60. The van der Waals surface area contributed by atoms with Gasteiger partial charge in [0.25, 0.3) is 0 Å². The molecule has 0 aliphatic carbocycles. The van der Waals surface area contributed by atoms with Crippen molar-refractivity contribution in [2.24, 2.45) is 0 Å². The molecule has 5 nitrogen and oxygen atoms in total. The summed E-state index contributed by atoms with van der Waals surface area (Å²) in [5, 5.41) is 0.966. The Morgan fingerprint density at radius 1 is 1.08 bits per heavy atom. The molecule has 1 heterocycles. The lowest BCUT2D eigenvalue weighted by molar-refractivity contribution is 0.411. The van der Waals surface area contributed by atoms with E-state index in [0.29, 0.717) is 21.7 Å². The quantitative estimate of drug-likeness (QED) is 0.600. The molecular weight excluding hydrogens is 385 g/mol. The lowest BCUT2D eigenvalue weighted by atomic mass is 10.2. The number of rotatable bonds is 4.